The minimum atomic E-state index is -4.05. The molecule has 0 aliphatic heterocycles. The van der Waals surface area contributed by atoms with E-state index in [1.807, 2.05) is 6.07 Å². The third kappa shape index (κ3) is 6.64. The number of nitrogens with zero attached hydrogens (tertiary/aromatic N) is 1. The fourth-order valence-corrected chi connectivity index (χ4v) is 5.36. The summed E-state index contributed by atoms with van der Waals surface area (Å²) in [4.78, 5) is 26.3. The lowest BCUT2D eigenvalue weighted by Gasteiger charge is -2.22. The molecule has 0 aromatic heterocycles. The van der Waals surface area contributed by atoms with Gasteiger partial charge in [0.25, 0.3) is 0 Å². The SMILES string of the molecule is O=C(CN(Cc1ccccc1)S(=O)(=O)c1ccc(Cl)cc1)Nc1ccc(Cl)cc1C(=O)c1ccccc1. The molecule has 0 spiro atoms. The van der Waals surface area contributed by atoms with Crippen molar-refractivity contribution < 1.29 is 18.0 Å². The first-order valence-electron chi connectivity index (χ1n) is 11.2. The second-order valence-corrected chi connectivity index (χ2v) is 11.0. The molecular weight excluding hydrogens is 531 g/mol. The fraction of sp³-hybridized carbons (Fsp3) is 0.0714. The molecule has 4 aromatic carbocycles. The lowest BCUT2D eigenvalue weighted by Crippen LogP contribution is -2.37. The number of amides is 1. The topological polar surface area (TPSA) is 83.6 Å². The molecule has 1 N–H and O–H groups in total. The maximum Gasteiger partial charge on any atom is 0.243 e. The van der Waals surface area contributed by atoms with Gasteiger partial charge in [-0.1, -0.05) is 83.9 Å². The first-order chi connectivity index (χ1) is 17.7. The molecule has 1 amide bonds. The second kappa shape index (κ2) is 11.7. The molecule has 0 aliphatic carbocycles. The largest absolute Gasteiger partial charge is 0.324 e. The van der Waals surface area contributed by atoms with Gasteiger partial charge in [-0.2, -0.15) is 4.31 Å². The number of halogens is 2. The van der Waals surface area contributed by atoms with Crippen molar-refractivity contribution in [2.24, 2.45) is 0 Å². The molecule has 0 saturated heterocycles. The first-order valence-corrected chi connectivity index (χ1v) is 13.4. The van der Waals surface area contributed by atoms with Crippen LogP contribution in [0.1, 0.15) is 21.5 Å². The van der Waals surface area contributed by atoms with Crippen LogP contribution in [0.5, 0.6) is 0 Å². The summed E-state index contributed by atoms with van der Waals surface area (Å²) in [6.45, 7) is -0.517. The van der Waals surface area contributed by atoms with Crippen LogP contribution in [0.15, 0.2) is 108 Å². The third-order valence-electron chi connectivity index (χ3n) is 5.51. The molecule has 6 nitrogen and oxygen atoms in total. The summed E-state index contributed by atoms with van der Waals surface area (Å²) in [5.41, 5.74) is 1.56. The van der Waals surface area contributed by atoms with Crippen molar-refractivity contribution in [3.8, 4) is 0 Å². The van der Waals surface area contributed by atoms with Gasteiger partial charge in [-0.15, -0.1) is 0 Å². The van der Waals surface area contributed by atoms with Crippen molar-refractivity contribution in [1.82, 2.24) is 4.31 Å². The molecule has 0 saturated carbocycles. The lowest BCUT2D eigenvalue weighted by molar-refractivity contribution is -0.116. The van der Waals surface area contributed by atoms with E-state index in [-0.39, 0.29) is 28.5 Å². The Morgan fingerprint density at radius 2 is 1.35 bits per heavy atom. The molecule has 0 unspecified atom stereocenters. The van der Waals surface area contributed by atoms with Gasteiger partial charge in [0.05, 0.1) is 17.1 Å². The molecule has 0 radical (unpaired) electrons. The fourth-order valence-electron chi connectivity index (χ4n) is 3.68. The molecule has 0 atom stereocenters. The Hall–Kier alpha value is -3.49. The Morgan fingerprint density at radius 3 is 2.00 bits per heavy atom. The molecule has 37 heavy (non-hydrogen) atoms. The summed E-state index contributed by atoms with van der Waals surface area (Å²) in [6, 6.07) is 27.8. The molecule has 0 aliphatic rings. The molecule has 188 valence electrons. The van der Waals surface area contributed by atoms with Crippen LogP contribution in [0, 0.1) is 0 Å². The van der Waals surface area contributed by atoms with Crippen molar-refractivity contribution in [1.29, 1.82) is 0 Å². The third-order valence-corrected chi connectivity index (χ3v) is 7.80. The van der Waals surface area contributed by atoms with E-state index in [9.17, 15) is 18.0 Å². The van der Waals surface area contributed by atoms with Crippen molar-refractivity contribution in [3.63, 3.8) is 0 Å². The zero-order valence-electron chi connectivity index (χ0n) is 19.5. The van der Waals surface area contributed by atoms with Gasteiger partial charge in [-0.3, -0.25) is 9.59 Å². The molecular formula is C28H22Cl2N2O4S. The van der Waals surface area contributed by atoms with Crippen LogP contribution in [-0.2, 0) is 21.4 Å². The quantitative estimate of drug-likeness (QED) is 0.256. The Kier molecular flexibility index (Phi) is 8.41. The van der Waals surface area contributed by atoms with Crippen LogP contribution in [0.3, 0.4) is 0 Å². The second-order valence-electron chi connectivity index (χ2n) is 8.15. The van der Waals surface area contributed by atoms with Gasteiger partial charge in [0, 0.05) is 27.7 Å². The number of hydrogen-bond acceptors (Lipinski definition) is 4. The van der Waals surface area contributed by atoms with Crippen LogP contribution in [0.4, 0.5) is 5.69 Å². The Morgan fingerprint density at radius 1 is 0.757 bits per heavy atom. The summed E-state index contributed by atoms with van der Waals surface area (Å²) >= 11 is 12.1. The average Bonchev–Trinajstić information content (AvgIpc) is 2.90. The predicted octanol–water partition coefficient (Wildman–Crippen LogP) is 6.05. The molecule has 4 aromatic rings. The standard InChI is InChI=1S/C28H22Cl2N2O4S/c29-22-11-14-24(15-12-22)37(35,36)32(18-20-7-3-1-4-8-20)19-27(33)31-26-16-13-23(30)17-25(26)28(34)21-9-5-2-6-10-21/h1-17H,18-19H2,(H,31,33). The van der Waals surface area contributed by atoms with Gasteiger partial charge in [0.2, 0.25) is 15.9 Å². The van der Waals surface area contributed by atoms with Crippen LogP contribution in [0.2, 0.25) is 10.0 Å². The highest BCUT2D eigenvalue weighted by Gasteiger charge is 2.27. The van der Waals surface area contributed by atoms with E-state index in [0.717, 1.165) is 4.31 Å². The van der Waals surface area contributed by atoms with Crippen molar-refractivity contribution in [2.45, 2.75) is 11.4 Å². The lowest BCUT2D eigenvalue weighted by atomic mass is 10.0. The molecule has 0 bridgehead atoms. The van der Waals surface area contributed by atoms with E-state index in [1.165, 1.54) is 36.4 Å². The van der Waals surface area contributed by atoms with Gasteiger partial charge in [0.15, 0.2) is 5.78 Å². The van der Waals surface area contributed by atoms with Gasteiger partial charge in [-0.05, 0) is 48.0 Å². The minimum absolute atomic E-state index is 0.00654. The van der Waals surface area contributed by atoms with Crippen molar-refractivity contribution >= 4 is 50.6 Å². The normalized spacial score (nSPS) is 11.3. The Labute approximate surface area is 225 Å². The van der Waals surface area contributed by atoms with Crippen LogP contribution >= 0.6 is 23.2 Å². The van der Waals surface area contributed by atoms with Gasteiger partial charge in [0.1, 0.15) is 0 Å². The number of anilines is 1. The van der Waals surface area contributed by atoms with E-state index in [4.69, 9.17) is 23.2 Å². The summed E-state index contributed by atoms with van der Waals surface area (Å²) in [7, 11) is -4.05. The van der Waals surface area contributed by atoms with Crippen LogP contribution < -0.4 is 5.32 Å². The Balaban J connectivity index is 1.62. The van der Waals surface area contributed by atoms with E-state index in [0.29, 0.717) is 21.2 Å². The van der Waals surface area contributed by atoms with E-state index < -0.39 is 22.5 Å². The summed E-state index contributed by atoms with van der Waals surface area (Å²) in [6.07, 6.45) is 0. The number of carbonyl (C=O) groups excluding carboxylic acids is 2. The maximum absolute atomic E-state index is 13.5. The maximum atomic E-state index is 13.5. The van der Waals surface area contributed by atoms with Gasteiger partial charge >= 0.3 is 0 Å². The highest BCUT2D eigenvalue weighted by Crippen LogP contribution is 2.25. The number of sulfonamides is 1. The molecule has 0 heterocycles. The van der Waals surface area contributed by atoms with Crippen LogP contribution in [0.25, 0.3) is 0 Å². The number of rotatable bonds is 9. The molecule has 0 fully saturated rings. The zero-order valence-corrected chi connectivity index (χ0v) is 21.8. The number of carbonyl (C=O) groups is 2. The van der Waals surface area contributed by atoms with E-state index >= 15 is 0 Å². The number of hydrogen-bond donors (Lipinski definition) is 1. The average molecular weight is 553 g/mol. The van der Waals surface area contributed by atoms with Gasteiger partial charge in [-0.25, -0.2) is 8.42 Å². The van der Waals surface area contributed by atoms with Gasteiger partial charge < -0.3 is 5.32 Å². The van der Waals surface area contributed by atoms with Crippen LogP contribution in [-0.4, -0.2) is 31.0 Å². The number of ketones is 1. The monoisotopic (exact) mass is 552 g/mol. The summed E-state index contributed by atoms with van der Waals surface area (Å²) in [5, 5.41) is 3.41. The highest BCUT2D eigenvalue weighted by molar-refractivity contribution is 7.89. The van der Waals surface area contributed by atoms with Crippen molar-refractivity contribution in [2.75, 3.05) is 11.9 Å². The van der Waals surface area contributed by atoms with Crippen molar-refractivity contribution in [3.05, 3.63) is 130 Å². The highest BCUT2D eigenvalue weighted by atomic mass is 35.5. The zero-order chi connectivity index (χ0) is 26.4. The van der Waals surface area contributed by atoms with E-state index in [1.54, 1.807) is 60.7 Å². The van der Waals surface area contributed by atoms with E-state index in [2.05, 4.69) is 5.32 Å². The minimum Gasteiger partial charge on any atom is -0.324 e. The smallest absolute Gasteiger partial charge is 0.243 e. The summed E-state index contributed by atoms with van der Waals surface area (Å²) < 4.78 is 28.0. The molecule has 4 rings (SSSR count). The first kappa shape index (κ1) is 26.6. The summed E-state index contributed by atoms with van der Waals surface area (Å²) in [5.74, 6) is -0.939. The molecule has 9 heteroatoms. The predicted molar refractivity (Wildman–Crippen MR) is 145 cm³/mol. The number of benzene rings is 4. The Bertz CT molecular complexity index is 1510. The number of nitrogens with one attached hydrogen (secondary N) is 1.